The highest BCUT2D eigenvalue weighted by Crippen LogP contribution is 2.25. The van der Waals surface area contributed by atoms with Crippen LogP contribution in [-0.4, -0.2) is 18.7 Å². The van der Waals surface area contributed by atoms with Gasteiger partial charge in [0.15, 0.2) is 6.61 Å². The summed E-state index contributed by atoms with van der Waals surface area (Å²) in [5, 5.41) is 11.6. The number of nitriles is 1. The fourth-order valence-corrected chi connectivity index (χ4v) is 1.77. The molecule has 2 rings (SSSR count). The summed E-state index contributed by atoms with van der Waals surface area (Å²) in [5.74, 6) is -0.582. The number of carbonyl (C=O) groups is 1. The minimum absolute atomic E-state index is 0.0971. The van der Waals surface area contributed by atoms with Crippen LogP contribution in [0.4, 0.5) is 18.9 Å². The van der Waals surface area contributed by atoms with Crippen LogP contribution in [0.3, 0.4) is 0 Å². The molecule has 2 aromatic carbocycles. The van der Waals surface area contributed by atoms with Crippen molar-refractivity contribution < 1.29 is 22.7 Å². The smallest absolute Gasteiger partial charge is 0.422 e. The molecule has 1 amide bonds. The lowest BCUT2D eigenvalue weighted by atomic mass is 10.1. The Balaban J connectivity index is 2.13. The average Bonchev–Trinajstić information content (AvgIpc) is 2.53. The van der Waals surface area contributed by atoms with Gasteiger partial charge in [0.25, 0.3) is 5.91 Å². The molecule has 0 aliphatic heterocycles. The van der Waals surface area contributed by atoms with Crippen LogP contribution < -0.4 is 10.1 Å². The number of nitrogens with one attached hydrogen (secondary N) is 1. The van der Waals surface area contributed by atoms with Crippen molar-refractivity contribution in [1.82, 2.24) is 0 Å². The number of alkyl halides is 3. The number of halogens is 3. The van der Waals surface area contributed by atoms with Crippen LogP contribution in [0.2, 0.25) is 0 Å². The van der Waals surface area contributed by atoms with Gasteiger partial charge in [-0.1, -0.05) is 18.2 Å². The number of hydrogen-bond acceptors (Lipinski definition) is 3. The molecule has 0 spiro atoms. The van der Waals surface area contributed by atoms with Crippen LogP contribution in [0.5, 0.6) is 5.75 Å². The molecule has 23 heavy (non-hydrogen) atoms. The van der Waals surface area contributed by atoms with Crippen LogP contribution in [0.1, 0.15) is 15.9 Å². The summed E-state index contributed by atoms with van der Waals surface area (Å²) in [5.41, 5.74) is 0.610. The lowest BCUT2D eigenvalue weighted by molar-refractivity contribution is -0.153. The molecule has 0 radical (unpaired) electrons. The van der Waals surface area contributed by atoms with Gasteiger partial charge in [0.05, 0.1) is 5.56 Å². The molecular weight excluding hydrogens is 309 g/mol. The largest absolute Gasteiger partial charge is 0.483 e. The molecule has 0 aliphatic carbocycles. The standard InChI is InChI=1S/C16H11F3N2O2/c17-16(18,19)10-23-14-7-6-13(8-12(14)9-20)21-15(22)11-4-2-1-3-5-11/h1-8H,10H2,(H,21,22). The predicted octanol–water partition coefficient (Wildman–Crippen LogP) is 3.75. The summed E-state index contributed by atoms with van der Waals surface area (Å²) < 4.78 is 41.0. The van der Waals surface area contributed by atoms with Gasteiger partial charge in [0, 0.05) is 11.3 Å². The van der Waals surface area contributed by atoms with Crippen LogP contribution >= 0.6 is 0 Å². The number of hydrogen-bond donors (Lipinski definition) is 1. The number of nitrogens with zero attached hydrogens (tertiary/aromatic N) is 1. The van der Waals surface area contributed by atoms with E-state index in [1.807, 2.05) is 0 Å². The molecule has 0 saturated carbocycles. The summed E-state index contributed by atoms with van der Waals surface area (Å²) in [6, 6.07) is 14.0. The van der Waals surface area contributed by atoms with Crippen LogP contribution in [-0.2, 0) is 0 Å². The molecule has 7 heteroatoms. The van der Waals surface area contributed by atoms with Crippen molar-refractivity contribution in [2.24, 2.45) is 0 Å². The average molecular weight is 320 g/mol. The van der Waals surface area contributed by atoms with Crippen molar-refractivity contribution in [3.8, 4) is 11.8 Å². The van der Waals surface area contributed by atoms with E-state index >= 15 is 0 Å². The van der Waals surface area contributed by atoms with E-state index in [0.29, 0.717) is 5.56 Å². The van der Waals surface area contributed by atoms with Crippen molar-refractivity contribution in [3.63, 3.8) is 0 Å². The fraction of sp³-hybridized carbons (Fsp3) is 0.125. The second kappa shape index (κ2) is 6.83. The molecule has 0 aliphatic rings. The Morgan fingerprint density at radius 3 is 2.48 bits per heavy atom. The number of amides is 1. The maximum Gasteiger partial charge on any atom is 0.422 e. The van der Waals surface area contributed by atoms with Gasteiger partial charge < -0.3 is 10.1 Å². The second-order valence-corrected chi connectivity index (χ2v) is 4.55. The minimum atomic E-state index is -4.49. The Bertz CT molecular complexity index is 737. The van der Waals surface area contributed by atoms with E-state index in [-0.39, 0.29) is 17.0 Å². The van der Waals surface area contributed by atoms with Gasteiger partial charge in [-0.2, -0.15) is 18.4 Å². The van der Waals surface area contributed by atoms with E-state index in [2.05, 4.69) is 10.1 Å². The Morgan fingerprint density at radius 2 is 1.87 bits per heavy atom. The topological polar surface area (TPSA) is 62.1 Å². The molecular formula is C16H11F3N2O2. The Hall–Kier alpha value is -3.01. The van der Waals surface area contributed by atoms with Crippen molar-refractivity contribution in [3.05, 3.63) is 59.7 Å². The van der Waals surface area contributed by atoms with E-state index in [1.54, 1.807) is 36.4 Å². The van der Waals surface area contributed by atoms with Gasteiger partial charge in [-0.3, -0.25) is 4.79 Å². The maximum absolute atomic E-state index is 12.2. The van der Waals surface area contributed by atoms with Gasteiger partial charge in [-0.05, 0) is 30.3 Å². The van der Waals surface area contributed by atoms with Gasteiger partial charge in [0.2, 0.25) is 0 Å². The lowest BCUT2D eigenvalue weighted by Crippen LogP contribution is -2.19. The number of carbonyl (C=O) groups excluding carboxylic acids is 1. The van der Waals surface area contributed by atoms with E-state index in [4.69, 9.17) is 5.26 Å². The van der Waals surface area contributed by atoms with E-state index in [0.717, 1.165) is 0 Å². The summed E-state index contributed by atoms with van der Waals surface area (Å²) in [4.78, 5) is 12.0. The van der Waals surface area contributed by atoms with Crippen molar-refractivity contribution in [2.75, 3.05) is 11.9 Å². The van der Waals surface area contributed by atoms with Crippen molar-refractivity contribution in [1.29, 1.82) is 5.26 Å². The van der Waals surface area contributed by atoms with Crippen LogP contribution in [0.25, 0.3) is 0 Å². The normalized spacial score (nSPS) is 10.7. The summed E-state index contributed by atoms with van der Waals surface area (Å²) >= 11 is 0. The highest BCUT2D eigenvalue weighted by Gasteiger charge is 2.28. The molecule has 0 bridgehead atoms. The molecule has 0 aromatic heterocycles. The molecule has 118 valence electrons. The highest BCUT2D eigenvalue weighted by atomic mass is 19.4. The quantitative estimate of drug-likeness (QED) is 0.933. The van der Waals surface area contributed by atoms with Gasteiger partial charge in [0.1, 0.15) is 11.8 Å². The van der Waals surface area contributed by atoms with E-state index in [1.165, 1.54) is 18.2 Å². The predicted molar refractivity (Wildman–Crippen MR) is 77.1 cm³/mol. The third-order valence-corrected chi connectivity index (χ3v) is 2.79. The highest BCUT2D eigenvalue weighted by molar-refractivity contribution is 6.04. The molecule has 2 aromatic rings. The first-order chi connectivity index (χ1) is 10.9. The number of rotatable bonds is 4. The summed E-state index contributed by atoms with van der Waals surface area (Å²) in [7, 11) is 0. The Morgan fingerprint density at radius 1 is 1.17 bits per heavy atom. The minimum Gasteiger partial charge on any atom is -0.483 e. The Labute approximate surface area is 130 Å². The first kappa shape index (κ1) is 16.4. The fourth-order valence-electron chi connectivity index (χ4n) is 1.77. The zero-order valence-corrected chi connectivity index (χ0v) is 11.7. The number of anilines is 1. The first-order valence-electron chi connectivity index (χ1n) is 6.49. The lowest BCUT2D eigenvalue weighted by Gasteiger charge is -2.12. The zero-order valence-electron chi connectivity index (χ0n) is 11.7. The van der Waals surface area contributed by atoms with E-state index in [9.17, 15) is 18.0 Å². The molecule has 0 fully saturated rings. The number of ether oxygens (including phenoxy) is 1. The SMILES string of the molecule is N#Cc1cc(NC(=O)c2ccccc2)ccc1OCC(F)(F)F. The van der Waals surface area contributed by atoms with Crippen LogP contribution in [0, 0.1) is 11.3 Å². The monoisotopic (exact) mass is 320 g/mol. The van der Waals surface area contributed by atoms with Crippen molar-refractivity contribution >= 4 is 11.6 Å². The molecule has 1 N–H and O–H groups in total. The molecule has 0 saturated heterocycles. The second-order valence-electron chi connectivity index (χ2n) is 4.55. The van der Waals surface area contributed by atoms with Gasteiger partial charge >= 0.3 is 6.18 Å². The molecule has 0 heterocycles. The Kier molecular flexibility index (Phi) is 4.86. The zero-order chi connectivity index (χ0) is 16.9. The maximum atomic E-state index is 12.2. The number of benzene rings is 2. The van der Waals surface area contributed by atoms with Crippen molar-refractivity contribution in [2.45, 2.75) is 6.18 Å². The molecule has 0 unspecified atom stereocenters. The summed E-state index contributed by atoms with van der Waals surface area (Å²) in [6.45, 7) is -1.49. The van der Waals surface area contributed by atoms with Gasteiger partial charge in [-0.25, -0.2) is 0 Å². The van der Waals surface area contributed by atoms with E-state index < -0.39 is 18.7 Å². The third kappa shape index (κ3) is 4.74. The van der Waals surface area contributed by atoms with Crippen LogP contribution in [0.15, 0.2) is 48.5 Å². The summed E-state index contributed by atoms with van der Waals surface area (Å²) in [6.07, 6.45) is -4.49. The molecule has 4 nitrogen and oxygen atoms in total. The molecule has 0 atom stereocenters. The first-order valence-corrected chi connectivity index (χ1v) is 6.49. The third-order valence-electron chi connectivity index (χ3n) is 2.79. The van der Waals surface area contributed by atoms with Gasteiger partial charge in [-0.15, -0.1) is 0 Å².